The summed E-state index contributed by atoms with van der Waals surface area (Å²) in [5, 5.41) is 0. The molecular weight excluding hydrogens is 236 g/mol. The minimum atomic E-state index is -0.0491. The zero-order chi connectivity index (χ0) is 14.2. The van der Waals surface area contributed by atoms with Gasteiger partial charge < -0.3 is 4.98 Å². The van der Waals surface area contributed by atoms with Crippen LogP contribution in [0.5, 0.6) is 0 Å². The Hall–Kier alpha value is -1.90. The fraction of sp³-hybridized carbons (Fsp3) is 0.375. The first kappa shape index (κ1) is 13.5. The van der Waals surface area contributed by atoms with Crippen molar-refractivity contribution in [3.8, 4) is 11.3 Å². The number of aromatic amines is 1. The van der Waals surface area contributed by atoms with Crippen LogP contribution in [0.25, 0.3) is 11.3 Å². The fourth-order valence-electron chi connectivity index (χ4n) is 1.99. The number of H-pyrrole nitrogens is 1. The molecule has 2 rings (SSSR count). The molecule has 19 heavy (non-hydrogen) atoms. The van der Waals surface area contributed by atoms with Crippen molar-refractivity contribution >= 4 is 0 Å². The highest BCUT2D eigenvalue weighted by Gasteiger charge is 2.12. The molecule has 0 saturated carbocycles. The van der Waals surface area contributed by atoms with Crippen LogP contribution in [0, 0.1) is 20.8 Å². The van der Waals surface area contributed by atoms with E-state index in [-0.39, 0.29) is 11.5 Å². The first-order chi connectivity index (χ1) is 8.90. The number of aryl methyl sites for hydroxylation is 2. The van der Waals surface area contributed by atoms with Gasteiger partial charge in [0.15, 0.2) is 0 Å². The van der Waals surface area contributed by atoms with Gasteiger partial charge >= 0.3 is 0 Å². The van der Waals surface area contributed by atoms with Crippen molar-refractivity contribution in [3.05, 3.63) is 51.1 Å². The average molecular weight is 256 g/mol. The van der Waals surface area contributed by atoms with E-state index in [1.54, 1.807) is 0 Å². The van der Waals surface area contributed by atoms with Crippen LogP contribution in [0.15, 0.2) is 23.0 Å². The highest BCUT2D eigenvalue weighted by atomic mass is 16.1. The molecule has 0 spiro atoms. The predicted octanol–water partition coefficient (Wildman–Crippen LogP) is 3.49. The van der Waals surface area contributed by atoms with Gasteiger partial charge in [-0.2, -0.15) is 0 Å². The van der Waals surface area contributed by atoms with E-state index < -0.39 is 0 Å². The Bertz CT molecular complexity index is 669. The third-order valence-corrected chi connectivity index (χ3v) is 3.50. The van der Waals surface area contributed by atoms with E-state index in [9.17, 15) is 4.79 Å². The molecule has 100 valence electrons. The summed E-state index contributed by atoms with van der Waals surface area (Å²) in [5.41, 5.74) is 4.88. The van der Waals surface area contributed by atoms with Crippen molar-refractivity contribution in [2.75, 3.05) is 0 Å². The molecule has 3 heteroatoms. The first-order valence-corrected chi connectivity index (χ1v) is 6.58. The number of rotatable bonds is 2. The van der Waals surface area contributed by atoms with E-state index in [1.165, 1.54) is 11.1 Å². The van der Waals surface area contributed by atoms with Crippen molar-refractivity contribution in [2.24, 2.45) is 0 Å². The van der Waals surface area contributed by atoms with Crippen LogP contribution in [0.1, 0.15) is 42.3 Å². The average Bonchev–Trinajstić information content (AvgIpc) is 2.35. The summed E-state index contributed by atoms with van der Waals surface area (Å²) in [4.78, 5) is 19.5. The Morgan fingerprint density at radius 1 is 1.11 bits per heavy atom. The van der Waals surface area contributed by atoms with Crippen molar-refractivity contribution in [1.29, 1.82) is 0 Å². The Morgan fingerprint density at radius 2 is 1.79 bits per heavy atom. The van der Waals surface area contributed by atoms with Gasteiger partial charge in [0, 0.05) is 17.0 Å². The van der Waals surface area contributed by atoms with Crippen molar-refractivity contribution in [2.45, 2.75) is 40.5 Å². The van der Waals surface area contributed by atoms with Gasteiger partial charge in [-0.1, -0.05) is 26.0 Å². The standard InChI is InChI=1S/C16H20N2O/c1-9(2)15-17-14(12(5)16(19)18-15)13-7-6-10(3)11(4)8-13/h6-9H,1-5H3,(H,17,18,19). The molecule has 0 fully saturated rings. The minimum absolute atomic E-state index is 0.0491. The summed E-state index contributed by atoms with van der Waals surface area (Å²) in [6.45, 7) is 10.0. The summed E-state index contributed by atoms with van der Waals surface area (Å²) < 4.78 is 0. The topological polar surface area (TPSA) is 45.8 Å². The molecule has 0 radical (unpaired) electrons. The molecule has 1 aromatic carbocycles. The van der Waals surface area contributed by atoms with Crippen LogP contribution < -0.4 is 5.56 Å². The number of nitrogens with zero attached hydrogens (tertiary/aromatic N) is 1. The Balaban J connectivity index is 2.67. The summed E-state index contributed by atoms with van der Waals surface area (Å²) in [5.74, 6) is 0.947. The number of aromatic nitrogens is 2. The molecule has 3 nitrogen and oxygen atoms in total. The van der Waals surface area contributed by atoms with E-state index in [2.05, 4.69) is 35.9 Å². The molecule has 1 aromatic heterocycles. The van der Waals surface area contributed by atoms with Gasteiger partial charge in [0.1, 0.15) is 5.82 Å². The zero-order valence-electron chi connectivity index (χ0n) is 12.2. The van der Waals surface area contributed by atoms with Crippen LogP contribution in [-0.2, 0) is 0 Å². The molecule has 0 atom stereocenters. The molecule has 0 unspecified atom stereocenters. The lowest BCUT2D eigenvalue weighted by Gasteiger charge is -2.11. The number of nitrogens with one attached hydrogen (secondary N) is 1. The SMILES string of the molecule is Cc1ccc(-c2nc(C(C)C)[nH]c(=O)c2C)cc1C. The van der Waals surface area contributed by atoms with Crippen LogP contribution >= 0.6 is 0 Å². The number of benzene rings is 1. The molecule has 1 N–H and O–H groups in total. The lowest BCUT2D eigenvalue weighted by Crippen LogP contribution is -2.16. The van der Waals surface area contributed by atoms with Gasteiger partial charge in [-0.3, -0.25) is 4.79 Å². The van der Waals surface area contributed by atoms with Gasteiger partial charge in [0.05, 0.1) is 5.69 Å². The molecular formula is C16H20N2O. The van der Waals surface area contributed by atoms with Crippen LogP contribution in [-0.4, -0.2) is 9.97 Å². The van der Waals surface area contributed by atoms with E-state index >= 15 is 0 Å². The monoisotopic (exact) mass is 256 g/mol. The molecule has 0 saturated heterocycles. The molecule has 0 aliphatic heterocycles. The first-order valence-electron chi connectivity index (χ1n) is 6.58. The van der Waals surface area contributed by atoms with Crippen molar-refractivity contribution < 1.29 is 0 Å². The van der Waals surface area contributed by atoms with Crippen LogP contribution in [0.2, 0.25) is 0 Å². The van der Waals surface area contributed by atoms with Crippen molar-refractivity contribution in [3.63, 3.8) is 0 Å². The maximum atomic E-state index is 12.0. The van der Waals surface area contributed by atoms with E-state index in [4.69, 9.17) is 0 Å². The smallest absolute Gasteiger partial charge is 0.254 e. The molecule has 2 aromatic rings. The quantitative estimate of drug-likeness (QED) is 0.894. The summed E-state index contributed by atoms with van der Waals surface area (Å²) in [6.07, 6.45) is 0. The maximum absolute atomic E-state index is 12.0. The Kier molecular flexibility index (Phi) is 3.56. The van der Waals surface area contributed by atoms with Gasteiger partial charge in [-0.05, 0) is 38.0 Å². The predicted molar refractivity (Wildman–Crippen MR) is 78.6 cm³/mol. The van der Waals surface area contributed by atoms with Gasteiger partial charge in [0.2, 0.25) is 0 Å². The van der Waals surface area contributed by atoms with Gasteiger partial charge in [-0.15, -0.1) is 0 Å². The molecule has 1 heterocycles. The summed E-state index contributed by atoms with van der Waals surface area (Å²) >= 11 is 0. The summed E-state index contributed by atoms with van der Waals surface area (Å²) in [6, 6.07) is 6.19. The third kappa shape index (κ3) is 2.60. The van der Waals surface area contributed by atoms with E-state index in [0.717, 1.165) is 17.1 Å². The Morgan fingerprint density at radius 3 is 2.37 bits per heavy atom. The normalized spacial score (nSPS) is 11.1. The van der Waals surface area contributed by atoms with Gasteiger partial charge in [0.25, 0.3) is 5.56 Å². The molecule has 0 aliphatic rings. The maximum Gasteiger partial charge on any atom is 0.254 e. The zero-order valence-corrected chi connectivity index (χ0v) is 12.2. The van der Waals surface area contributed by atoms with E-state index in [1.807, 2.05) is 26.8 Å². The number of hydrogen-bond donors (Lipinski definition) is 1. The lowest BCUT2D eigenvalue weighted by molar-refractivity contribution is 0.765. The van der Waals surface area contributed by atoms with Crippen LogP contribution in [0.3, 0.4) is 0 Å². The minimum Gasteiger partial charge on any atom is -0.310 e. The lowest BCUT2D eigenvalue weighted by atomic mass is 10.0. The Labute approximate surface area is 113 Å². The fourth-order valence-corrected chi connectivity index (χ4v) is 1.99. The molecule has 0 aliphatic carbocycles. The van der Waals surface area contributed by atoms with Gasteiger partial charge in [-0.25, -0.2) is 4.98 Å². The number of hydrogen-bond acceptors (Lipinski definition) is 2. The second-order valence-electron chi connectivity index (χ2n) is 5.38. The van der Waals surface area contributed by atoms with E-state index in [0.29, 0.717) is 5.56 Å². The second-order valence-corrected chi connectivity index (χ2v) is 5.38. The molecule has 0 bridgehead atoms. The molecule has 0 amide bonds. The highest BCUT2D eigenvalue weighted by molar-refractivity contribution is 5.64. The second kappa shape index (κ2) is 5.00. The third-order valence-electron chi connectivity index (χ3n) is 3.50. The van der Waals surface area contributed by atoms with Crippen LogP contribution in [0.4, 0.5) is 0 Å². The highest BCUT2D eigenvalue weighted by Crippen LogP contribution is 2.23. The largest absolute Gasteiger partial charge is 0.310 e. The van der Waals surface area contributed by atoms with Crippen molar-refractivity contribution in [1.82, 2.24) is 9.97 Å². The summed E-state index contributed by atoms with van der Waals surface area (Å²) in [7, 11) is 0.